The lowest BCUT2D eigenvalue weighted by atomic mass is 10.1. The number of rotatable bonds is 1. The van der Waals surface area contributed by atoms with Gasteiger partial charge in [-0.2, -0.15) is 0 Å². The van der Waals surface area contributed by atoms with Crippen LogP contribution in [0.4, 0.5) is 0 Å². The van der Waals surface area contributed by atoms with Crippen LogP contribution >= 0.6 is 31.9 Å². The van der Waals surface area contributed by atoms with Crippen LogP contribution < -0.4 is 0 Å². The molecule has 0 bridgehead atoms. The van der Waals surface area contributed by atoms with E-state index in [0.717, 1.165) is 31.5 Å². The number of hydrogen-bond acceptors (Lipinski definition) is 1. The van der Waals surface area contributed by atoms with Gasteiger partial charge in [0.1, 0.15) is 5.65 Å². The Balaban J connectivity index is 2.31. The topological polar surface area (TPSA) is 17.3 Å². The highest BCUT2D eigenvalue weighted by Gasteiger charge is 2.12. The molecule has 4 heteroatoms. The normalized spacial score (nSPS) is 11.2. The molecular weight excluding hydrogens is 368 g/mol. The molecule has 0 aliphatic rings. The average Bonchev–Trinajstić information content (AvgIpc) is 2.68. The van der Waals surface area contributed by atoms with Crippen molar-refractivity contribution in [3.63, 3.8) is 0 Å². The summed E-state index contributed by atoms with van der Waals surface area (Å²) >= 11 is 7.05. The molecule has 3 aromatic rings. The summed E-state index contributed by atoms with van der Waals surface area (Å²) in [7, 11) is 0. The van der Waals surface area contributed by atoms with Gasteiger partial charge in [-0.25, -0.2) is 4.98 Å². The molecule has 0 aliphatic heterocycles. The van der Waals surface area contributed by atoms with Crippen molar-refractivity contribution < 1.29 is 0 Å². The minimum Gasteiger partial charge on any atom is -0.302 e. The second-order valence-corrected chi connectivity index (χ2v) is 6.42. The summed E-state index contributed by atoms with van der Waals surface area (Å²) in [4.78, 5) is 4.79. The number of pyridine rings is 1. The van der Waals surface area contributed by atoms with E-state index in [9.17, 15) is 0 Å². The zero-order chi connectivity index (χ0) is 13.6. The number of benzene rings is 1. The number of aryl methyl sites for hydroxylation is 2. The van der Waals surface area contributed by atoms with E-state index >= 15 is 0 Å². The van der Waals surface area contributed by atoms with Gasteiger partial charge in [0.25, 0.3) is 0 Å². The van der Waals surface area contributed by atoms with Crippen LogP contribution in [0.1, 0.15) is 11.3 Å². The summed E-state index contributed by atoms with van der Waals surface area (Å²) in [5.74, 6) is 0. The van der Waals surface area contributed by atoms with Gasteiger partial charge in [0, 0.05) is 26.4 Å². The Morgan fingerprint density at radius 3 is 2.58 bits per heavy atom. The molecule has 0 radical (unpaired) electrons. The molecule has 19 heavy (non-hydrogen) atoms. The molecule has 0 aliphatic carbocycles. The molecular formula is C15H12Br2N2. The second-order valence-electron chi connectivity index (χ2n) is 4.59. The van der Waals surface area contributed by atoms with Crippen molar-refractivity contribution in [1.29, 1.82) is 0 Å². The van der Waals surface area contributed by atoms with E-state index in [1.165, 1.54) is 5.56 Å². The van der Waals surface area contributed by atoms with Crippen LogP contribution in [0.15, 0.2) is 45.5 Å². The van der Waals surface area contributed by atoms with Gasteiger partial charge >= 0.3 is 0 Å². The zero-order valence-electron chi connectivity index (χ0n) is 10.6. The molecule has 0 amide bonds. The van der Waals surface area contributed by atoms with E-state index < -0.39 is 0 Å². The first-order valence-corrected chi connectivity index (χ1v) is 7.55. The second kappa shape index (κ2) is 4.76. The highest BCUT2D eigenvalue weighted by Crippen LogP contribution is 2.28. The summed E-state index contributed by atoms with van der Waals surface area (Å²) in [6, 6.07) is 10.3. The predicted octanol–water partition coefficient (Wildman–Crippen LogP) is 5.14. The number of fused-ring (bicyclic) bond motifs is 1. The number of hydrogen-bond donors (Lipinski definition) is 0. The molecule has 0 saturated carbocycles. The lowest BCUT2D eigenvalue weighted by Crippen LogP contribution is -1.90. The number of aromatic nitrogens is 2. The molecule has 96 valence electrons. The third kappa shape index (κ3) is 2.23. The summed E-state index contributed by atoms with van der Waals surface area (Å²) < 4.78 is 4.27. The minimum absolute atomic E-state index is 1.01. The van der Waals surface area contributed by atoms with Crippen molar-refractivity contribution in [3.8, 4) is 11.3 Å². The first-order chi connectivity index (χ1) is 9.06. The summed E-state index contributed by atoms with van der Waals surface area (Å²) in [6.07, 6.45) is 2.06. The van der Waals surface area contributed by atoms with E-state index in [1.807, 2.05) is 12.1 Å². The summed E-state index contributed by atoms with van der Waals surface area (Å²) in [6.45, 7) is 4.18. The lowest BCUT2D eigenvalue weighted by Gasteiger charge is -2.01. The highest BCUT2D eigenvalue weighted by molar-refractivity contribution is 9.10. The van der Waals surface area contributed by atoms with Crippen molar-refractivity contribution >= 4 is 37.5 Å². The van der Waals surface area contributed by atoms with Crippen LogP contribution in [-0.2, 0) is 0 Å². The molecule has 0 spiro atoms. The van der Waals surface area contributed by atoms with E-state index in [1.54, 1.807) is 0 Å². The fourth-order valence-corrected chi connectivity index (χ4v) is 3.24. The maximum Gasteiger partial charge on any atom is 0.140 e. The van der Waals surface area contributed by atoms with Crippen LogP contribution in [-0.4, -0.2) is 9.38 Å². The Hall–Kier alpha value is -1.13. The maximum atomic E-state index is 4.79. The van der Waals surface area contributed by atoms with Gasteiger partial charge < -0.3 is 4.40 Å². The van der Waals surface area contributed by atoms with Gasteiger partial charge in [-0.05, 0) is 53.5 Å². The van der Waals surface area contributed by atoms with Gasteiger partial charge in [0.2, 0.25) is 0 Å². The fourth-order valence-electron chi connectivity index (χ4n) is 2.29. The van der Waals surface area contributed by atoms with E-state index in [2.05, 4.69) is 74.5 Å². The largest absolute Gasteiger partial charge is 0.302 e. The lowest BCUT2D eigenvalue weighted by molar-refractivity contribution is 1.09. The standard InChI is InChI=1S/C15H12Br2N2/c1-9-6-13(17)8-19-10(2)14(18-15(9)19)11-4-3-5-12(16)7-11/h3-8H,1-2H3. The maximum absolute atomic E-state index is 4.79. The molecule has 0 atom stereocenters. The van der Waals surface area contributed by atoms with Gasteiger partial charge in [0.05, 0.1) is 5.69 Å². The fraction of sp³-hybridized carbons (Fsp3) is 0.133. The van der Waals surface area contributed by atoms with Gasteiger partial charge in [-0.15, -0.1) is 0 Å². The molecule has 2 aromatic heterocycles. The van der Waals surface area contributed by atoms with Crippen LogP contribution in [0.3, 0.4) is 0 Å². The van der Waals surface area contributed by atoms with Gasteiger partial charge in [-0.1, -0.05) is 28.1 Å². The first-order valence-electron chi connectivity index (χ1n) is 5.97. The van der Waals surface area contributed by atoms with Crippen LogP contribution in [0.25, 0.3) is 16.9 Å². The van der Waals surface area contributed by atoms with Gasteiger partial charge in [0.15, 0.2) is 0 Å². The molecule has 0 saturated heterocycles. The minimum atomic E-state index is 1.01. The van der Waals surface area contributed by atoms with Crippen molar-refractivity contribution in [2.75, 3.05) is 0 Å². The Kier molecular flexibility index (Phi) is 3.23. The monoisotopic (exact) mass is 378 g/mol. The number of halogens is 2. The molecule has 2 heterocycles. The first kappa shape index (κ1) is 12.9. The van der Waals surface area contributed by atoms with Crippen molar-refractivity contribution in [2.45, 2.75) is 13.8 Å². The molecule has 1 aromatic carbocycles. The van der Waals surface area contributed by atoms with Crippen LogP contribution in [0.5, 0.6) is 0 Å². The van der Waals surface area contributed by atoms with Crippen molar-refractivity contribution in [3.05, 3.63) is 56.7 Å². The van der Waals surface area contributed by atoms with E-state index in [-0.39, 0.29) is 0 Å². The Morgan fingerprint density at radius 1 is 1.05 bits per heavy atom. The summed E-state index contributed by atoms with van der Waals surface area (Å²) in [5.41, 5.74) is 5.49. The quantitative estimate of drug-likeness (QED) is 0.571. The molecule has 3 rings (SSSR count). The van der Waals surface area contributed by atoms with Crippen LogP contribution in [0, 0.1) is 13.8 Å². The predicted molar refractivity (Wildman–Crippen MR) is 85.5 cm³/mol. The smallest absolute Gasteiger partial charge is 0.140 e. The van der Waals surface area contributed by atoms with E-state index in [4.69, 9.17) is 4.98 Å². The van der Waals surface area contributed by atoms with Crippen molar-refractivity contribution in [2.24, 2.45) is 0 Å². The number of nitrogens with zero attached hydrogens (tertiary/aromatic N) is 2. The van der Waals surface area contributed by atoms with Crippen molar-refractivity contribution in [1.82, 2.24) is 9.38 Å². The zero-order valence-corrected chi connectivity index (χ0v) is 13.8. The van der Waals surface area contributed by atoms with Gasteiger partial charge in [-0.3, -0.25) is 0 Å². The highest BCUT2D eigenvalue weighted by atomic mass is 79.9. The third-order valence-electron chi connectivity index (χ3n) is 3.21. The molecule has 2 nitrogen and oxygen atoms in total. The Labute approximate surface area is 128 Å². The van der Waals surface area contributed by atoms with Crippen LogP contribution in [0.2, 0.25) is 0 Å². The third-order valence-corrected chi connectivity index (χ3v) is 4.13. The molecule has 0 unspecified atom stereocenters. The Bertz CT molecular complexity index is 775. The SMILES string of the molecule is Cc1cc(Br)cn2c(C)c(-c3cccc(Br)c3)nc12. The summed E-state index contributed by atoms with van der Waals surface area (Å²) in [5, 5.41) is 0. The average molecular weight is 380 g/mol. The Morgan fingerprint density at radius 2 is 1.84 bits per heavy atom. The molecule has 0 N–H and O–H groups in total. The number of imidazole rings is 1. The van der Waals surface area contributed by atoms with E-state index in [0.29, 0.717) is 0 Å². The molecule has 0 fully saturated rings.